The maximum absolute atomic E-state index is 11.4. The number of aliphatic carboxylic acids is 1. The summed E-state index contributed by atoms with van der Waals surface area (Å²) in [6.45, 7) is 4.41. The molecule has 154 valence electrons. The summed E-state index contributed by atoms with van der Waals surface area (Å²) in [5, 5.41) is 9.35. The van der Waals surface area contributed by atoms with E-state index in [1.165, 1.54) is 44.9 Å². The zero-order valence-corrected chi connectivity index (χ0v) is 17.8. The summed E-state index contributed by atoms with van der Waals surface area (Å²) in [4.78, 5) is 11.4. The highest BCUT2D eigenvalue weighted by Crippen LogP contribution is 2.34. The number of rotatable bonds is 14. The van der Waals surface area contributed by atoms with Gasteiger partial charge in [0, 0.05) is 12.3 Å². The number of carboxylic acid groups (broad SMARTS) is 1. The van der Waals surface area contributed by atoms with Crippen LogP contribution in [0.3, 0.4) is 0 Å². The molecule has 0 aromatic heterocycles. The lowest BCUT2D eigenvalue weighted by molar-refractivity contribution is -0.142. The second-order valence-electron chi connectivity index (χ2n) is 8.24. The van der Waals surface area contributed by atoms with Gasteiger partial charge in [0.25, 0.3) is 0 Å². The van der Waals surface area contributed by atoms with E-state index in [-0.39, 0.29) is 5.92 Å². The summed E-state index contributed by atoms with van der Waals surface area (Å²) in [6.07, 6.45) is 21.6. The third-order valence-corrected chi connectivity index (χ3v) is 5.89. The van der Waals surface area contributed by atoms with Gasteiger partial charge in [0.05, 0.1) is 5.92 Å². The normalized spacial score (nSPS) is 20.5. The molecular weight excluding hydrogens is 332 g/mol. The Hall–Kier alpha value is -1.23. The van der Waals surface area contributed by atoms with Crippen molar-refractivity contribution in [3.8, 4) is 11.8 Å². The Balaban J connectivity index is 2.26. The van der Waals surface area contributed by atoms with Crippen molar-refractivity contribution in [2.75, 3.05) is 0 Å². The second kappa shape index (κ2) is 15.8. The Kier molecular flexibility index (Phi) is 13.9. The monoisotopic (exact) mass is 374 g/mol. The van der Waals surface area contributed by atoms with Crippen molar-refractivity contribution >= 4 is 5.97 Å². The number of hydrogen-bond donors (Lipinski definition) is 1. The largest absolute Gasteiger partial charge is 0.481 e. The Morgan fingerprint density at radius 3 is 2.56 bits per heavy atom. The highest BCUT2D eigenvalue weighted by molar-refractivity contribution is 5.69. The van der Waals surface area contributed by atoms with Gasteiger partial charge in [0.15, 0.2) is 0 Å². The van der Waals surface area contributed by atoms with Gasteiger partial charge in [-0.1, -0.05) is 76.9 Å². The van der Waals surface area contributed by atoms with Crippen molar-refractivity contribution < 1.29 is 9.90 Å². The minimum Gasteiger partial charge on any atom is -0.481 e. The van der Waals surface area contributed by atoms with Crippen molar-refractivity contribution in [2.45, 2.75) is 110 Å². The molecular formula is C25H42O2. The highest BCUT2D eigenvalue weighted by atomic mass is 16.4. The Morgan fingerprint density at radius 1 is 1.04 bits per heavy atom. The fourth-order valence-electron chi connectivity index (χ4n) is 4.07. The van der Waals surface area contributed by atoms with Gasteiger partial charge in [-0.3, -0.25) is 4.79 Å². The maximum atomic E-state index is 11.4. The van der Waals surface area contributed by atoms with Crippen LogP contribution in [0.4, 0.5) is 0 Å². The lowest BCUT2D eigenvalue weighted by atomic mass is 9.92. The molecule has 0 amide bonds. The van der Waals surface area contributed by atoms with E-state index in [1.807, 2.05) is 0 Å². The van der Waals surface area contributed by atoms with Crippen molar-refractivity contribution in [2.24, 2.45) is 17.8 Å². The van der Waals surface area contributed by atoms with Crippen LogP contribution in [0, 0.1) is 29.6 Å². The minimum atomic E-state index is -0.621. The second-order valence-corrected chi connectivity index (χ2v) is 8.24. The molecule has 1 aliphatic carbocycles. The molecule has 0 aromatic carbocycles. The fraction of sp³-hybridized carbons (Fsp3) is 0.800. The predicted octanol–water partition coefficient (Wildman–Crippen LogP) is 7.38. The molecule has 0 spiro atoms. The van der Waals surface area contributed by atoms with Gasteiger partial charge in [-0.2, -0.15) is 0 Å². The molecule has 0 aliphatic heterocycles. The first-order valence-electron chi connectivity index (χ1n) is 11.5. The number of carboxylic acids is 1. The summed E-state index contributed by atoms with van der Waals surface area (Å²) in [5.74, 6) is 7.49. The van der Waals surface area contributed by atoms with Gasteiger partial charge in [-0.05, 0) is 50.9 Å². The number of allylic oxidation sites excluding steroid dienone is 2. The molecule has 0 heterocycles. The van der Waals surface area contributed by atoms with Crippen LogP contribution in [0.2, 0.25) is 0 Å². The lowest BCUT2D eigenvalue weighted by Crippen LogP contribution is -2.13. The molecule has 1 fully saturated rings. The minimum absolute atomic E-state index is 0.168. The number of unbranched alkanes of at least 4 members (excludes halogenated alkanes) is 6. The van der Waals surface area contributed by atoms with Gasteiger partial charge in [-0.15, -0.1) is 5.92 Å². The van der Waals surface area contributed by atoms with E-state index >= 15 is 0 Å². The molecule has 3 atom stereocenters. The maximum Gasteiger partial charge on any atom is 0.306 e. The summed E-state index contributed by atoms with van der Waals surface area (Å²) in [6, 6.07) is 0. The van der Waals surface area contributed by atoms with Gasteiger partial charge in [0.1, 0.15) is 0 Å². The molecule has 1 saturated carbocycles. The summed E-state index contributed by atoms with van der Waals surface area (Å²) < 4.78 is 0. The molecule has 0 saturated heterocycles. The van der Waals surface area contributed by atoms with Crippen LogP contribution in [0.25, 0.3) is 0 Å². The van der Waals surface area contributed by atoms with Crippen LogP contribution in [-0.2, 0) is 4.79 Å². The van der Waals surface area contributed by atoms with E-state index in [9.17, 15) is 9.90 Å². The fourth-order valence-corrected chi connectivity index (χ4v) is 4.07. The Bertz CT molecular complexity index is 468. The molecule has 1 N–H and O–H groups in total. The molecule has 2 nitrogen and oxygen atoms in total. The van der Waals surface area contributed by atoms with Crippen LogP contribution in [-0.4, -0.2) is 11.1 Å². The van der Waals surface area contributed by atoms with Gasteiger partial charge < -0.3 is 5.11 Å². The van der Waals surface area contributed by atoms with Crippen LogP contribution >= 0.6 is 0 Å². The molecule has 27 heavy (non-hydrogen) atoms. The van der Waals surface area contributed by atoms with E-state index in [2.05, 4.69) is 37.8 Å². The van der Waals surface area contributed by atoms with Crippen LogP contribution < -0.4 is 0 Å². The van der Waals surface area contributed by atoms with Crippen molar-refractivity contribution in [3.05, 3.63) is 12.2 Å². The quantitative estimate of drug-likeness (QED) is 0.195. The summed E-state index contributed by atoms with van der Waals surface area (Å²) in [5.41, 5.74) is 0. The van der Waals surface area contributed by atoms with Gasteiger partial charge in [-0.25, -0.2) is 0 Å². The molecule has 0 aromatic rings. The molecule has 1 rings (SSSR count). The first kappa shape index (κ1) is 23.8. The average Bonchev–Trinajstić information content (AvgIpc) is 3.10. The van der Waals surface area contributed by atoms with E-state index in [0.29, 0.717) is 11.8 Å². The van der Waals surface area contributed by atoms with Gasteiger partial charge in [0.2, 0.25) is 0 Å². The Labute approximate surface area is 168 Å². The van der Waals surface area contributed by atoms with E-state index in [1.54, 1.807) is 0 Å². The summed E-state index contributed by atoms with van der Waals surface area (Å²) in [7, 11) is 0. The van der Waals surface area contributed by atoms with Crippen molar-refractivity contribution in [3.63, 3.8) is 0 Å². The Morgan fingerprint density at radius 2 is 1.81 bits per heavy atom. The lowest BCUT2D eigenvalue weighted by Gasteiger charge is -2.12. The average molecular weight is 375 g/mol. The third kappa shape index (κ3) is 11.3. The molecule has 1 unspecified atom stereocenters. The van der Waals surface area contributed by atoms with E-state index < -0.39 is 5.97 Å². The zero-order chi connectivity index (χ0) is 19.7. The molecule has 0 bridgehead atoms. The highest BCUT2D eigenvalue weighted by Gasteiger charge is 2.24. The number of hydrogen-bond acceptors (Lipinski definition) is 1. The van der Waals surface area contributed by atoms with Crippen LogP contribution in [0.1, 0.15) is 110 Å². The van der Waals surface area contributed by atoms with E-state index in [4.69, 9.17) is 0 Å². The number of carbonyl (C=O) groups is 1. The first-order chi connectivity index (χ1) is 13.2. The van der Waals surface area contributed by atoms with Crippen molar-refractivity contribution in [1.29, 1.82) is 0 Å². The predicted molar refractivity (Wildman–Crippen MR) is 116 cm³/mol. The van der Waals surface area contributed by atoms with Crippen LogP contribution in [0.15, 0.2) is 12.2 Å². The smallest absolute Gasteiger partial charge is 0.306 e. The first-order valence-corrected chi connectivity index (χ1v) is 11.5. The topological polar surface area (TPSA) is 37.3 Å². The molecule has 2 heteroatoms. The summed E-state index contributed by atoms with van der Waals surface area (Å²) >= 11 is 0. The molecule has 1 aliphatic rings. The van der Waals surface area contributed by atoms with Crippen molar-refractivity contribution in [1.82, 2.24) is 0 Å². The van der Waals surface area contributed by atoms with E-state index in [0.717, 1.165) is 51.4 Å². The molecule has 0 radical (unpaired) electrons. The SMILES string of the molecule is CCCCCCC#C[C@H]1CCC[C@@H]1CC=CCCC(CCCCC)C(=O)O. The van der Waals surface area contributed by atoms with Crippen LogP contribution in [0.5, 0.6) is 0 Å². The standard InChI is InChI=1S/C25H42O2/c1-3-5-7-8-9-12-16-22-20-15-21-23(22)17-13-10-14-19-24(25(26)27)18-11-6-4-2/h10,13,22-24H,3-9,11,14-15,17-21H2,1-2H3,(H,26,27)/t22-,23-,24?/m0/s1. The van der Waals surface area contributed by atoms with Gasteiger partial charge >= 0.3 is 5.97 Å². The third-order valence-electron chi connectivity index (χ3n) is 5.89. The zero-order valence-electron chi connectivity index (χ0n) is 17.8.